The number of carbonyl (C=O) groups excluding carboxylic acids is 2. The molecule has 178 valence electrons. The highest BCUT2D eigenvalue weighted by Gasteiger charge is 2.19. The van der Waals surface area contributed by atoms with E-state index in [1.807, 2.05) is 6.92 Å². The van der Waals surface area contributed by atoms with Crippen LogP contribution in [0.2, 0.25) is 0 Å². The molecule has 0 amide bonds. The summed E-state index contributed by atoms with van der Waals surface area (Å²) in [7, 11) is 0. The van der Waals surface area contributed by atoms with Gasteiger partial charge in [0.2, 0.25) is 0 Å². The summed E-state index contributed by atoms with van der Waals surface area (Å²) in [6.45, 7) is 6.78. The summed E-state index contributed by atoms with van der Waals surface area (Å²) in [5.41, 5.74) is 5.87. The maximum Gasteiger partial charge on any atom is 0.323 e. The van der Waals surface area contributed by atoms with Gasteiger partial charge in [-0.2, -0.15) is 0 Å². The molecule has 0 radical (unpaired) electrons. The van der Waals surface area contributed by atoms with Gasteiger partial charge >= 0.3 is 11.9 Å². The number of hydrogen-bond donors (Lipinski definition) is 1. The first kappa shape index (κ1) is 28.9. The van der Waals surface area contributed by atoms with Gasteiger partial charge < -0.3 is 15.2 Å². The van der Waals surface area contributed by atoms with Crippen LogP contribution in [0.4, 0.5) is 0 Å². The Bertz CT molecular complexity index is 414. The van der Waals surface area contributed by atoms with E-state index in [2.05, 4.69) is 13.8 Å². The van der Waals surface area contributed by atoms with Crippen LogP contribution in [0.5, 0.6) is 0 Å². The average Bonchev–Trinajstić information content (AvgIpc) is 2.73. The fraction of sp³-hybridized carbons (Fsp3) is 0.920. The van der Waals surface area contributed by atoms with Crippen LogP contribution in [-0.2, 0) is 19.1 Å². The van der Waals surface area contributed by atoms with E-state index in [0.717, 1.165) is 32.1 Å². The minimum atomic E-state index is -0.757. The fourth-order valence-electron chi connectivity index (χ4n) is 3.44. The summed E-state index contributed by atoms with van der Waals surface area (Å²) in [6.07, 6.45) is 18.3. The van der Waals surface area contributed by atoms with Gasteiger partial charge in [0.1, 0.15) is 6.04 Å². The molecule has 0 fully saturated rings. The van der Waals surface area contributed by atoms with Crippen LogP contribution in [-0.4, -0.2) is 30.7 Å². The molecule has 0 aliphatic carbocycles. The summed E-state index contributed by atoms with van der Waals surface area (Å²) in [5, 5.41) is 0. The fourth-order valence-corrected chi connectivity index (χ4v) is 3.44. The summed E-state index contributed by atoms with van der Waals surface area (Å²) in [6, 6.07) is -0.757. The molecule has 0 aromatic rings. The lowest BCUT2D eigenvalue weighted by Gasteiger charge is -2.16. The first-order valence-corrected chi connectivity index (χ1v) is 12.6. The van der Waals surface area contributed by atoms with Gasteiger partial charge in [-0.25, -0.2) is 0 Å². The molecule has 0 aliphatic heterocycles. The van der Waals surface area contributed by atoms with Gasteiger partial charge in [-0.3, -0.25) is 9.59 Å². The summed E-state index contributed by atoms with van der Waals surface area (Å²) in [4.78, 5) is 23.8. The summed E-state index contributed by atoms with van der Waals surface area (Å²) < 4.78 is 10.6. The summed E-state index contributed by atoms with van der Waals surface area (Å²) >= 11 is 0. The summed E-state index contributed by atoms with van der Waals surface area (Å²) in [5.74, 6) is -0.692. The second-order valence-corrected chi connectivity index (χ2v) is 8.64. The molecule has 0 aliphatic rings. The third kappa shape index (κ3) is 18.9. The van der Waals surface area contributed by atoms with Crippen LogP contribution >= 0.6 is 0 Å². The van der Waals surface area contributed by atoms with E-state index in [0.29, 0.717) is 6.61 Å². The second kappa shape index (κ2) is 21.1. The molecule has 0 aromatic carbocycles. The molecular weight excluding hydrogens is 378 g/mol. The Labute approximate surface area is 185 Å². The predicted molar refractivity (Wildman–Crippen MR) is 124 cm³/mol. The zero-order valence-electron chi connectivity index (χ0n) is 20.1. The molecular formula is C25H49NO4. The quantitative estimate of drug-likeness (QED) is 0.168. The van der Waals surface area contributed by atoms with Gasteiger partial charge in [0.05, 0.1) is 12.7 Å². The molecule has 2 N–H and O–H groups in total. The van der Waals surface area contributed by atoms with E-state index in [-0.39, 0.29) is 24.9 Å². The van der Waals surface area contributed by atoms with E-state index < -0.39 is 12.0 Å². The van der Waals surface area contributed by atoms with Crippen molar-refractivity contribution >= 4 is 11.9 Å². The lowest BCUT2D eigenvalue weighted by molar-refractivity contribution is -0.150. The lowest BCUT2D eigenvalue weighted by Crippen LogP contribution is -2.35. The lowest BCUT2D eigenvalue weighted by atomic mass is 10.1. The van der Waals surface area contributed by atoms with E-state index in [1.54, 1.807) is 0 Å². The monoisotopic (exact) mass is 427 g/mol. The van der Waals surface area contributed by atoms with E-state index in [9.17, 15) is 9.59 Å². The molecule has 5 heteroatoms. The molecule has 0 heterocycles. The largest absolute Gasteiger partial charge is 0.466 e. The third-order valence-electron chi connectivity index (χ3n) is 5.50. The highest BCUT2D eigenvalue weighted by molar-refractivity contribution is 5.77. The molecule has 30 heavy (non-hydrogen) atoms. The van der Waals surface area contributed by atoms with Crippen molar-refractivity contribution in [3.8, 4) is 0 Å². The van der Waals surface area contributed by atoms with Crippen molar-refractivity contribution in [2.45, 2.75) is 142 Å². The van der Waals surface area contributed by atoms with Gasteiger partial charge in [0.25, 0.3) is 0 Å². The predicted octanol–water partition coefficient (Wildman–Crippen LogP) is 6.46. The Hall–Kier alpha value is -1.10. The van der Waals surface area contributed by atoms with Crippen molar-refractivity contribution in [3.63, 3.8) is 0 Å². The normalized spacial score (nSPS) is 13.1. The van der Waals surface area contributed by atoms with E-state index >= 15 is 0 Å². The number of nitrogens with two attached hydrogens (primary N) is 1. The maximum atomic E-state index is 12.0. The Balaban J connectivity index is 3.58. The molecule has 0 rings (SSSR count). The zero-order chi connectivity index (χ0) is 22.5. The van der Waals surface area contributed by atoms with Crippen LogP contribution in [0.3, 0.4) is 0 Å². The van der Waals surface area contributed by atoms with E-state index in [4.69, 9.17) is 15.2 Å². The van der Waals surface area contributed by atoms with Crippen molar-refractivity contribution in [2.75, 3.05) is 6.61 Å². The molecule has 0 aromatic heterocycles. The van der Waals surface area contributed by atoms with Crippen LogP contribution in [0, 0.1) is 0 Å². The Morgan fingerprint density at radius 3 is 1.80 bits per heavy atom. The van der Waals surface area contributed by atoms with Crippen LogP contribution in [0.15, 0.2) is 0 Å². The zero-order valence-corrected chi connectivity index (χ0v) is 20.1. The smallest absolute Gasteiger partial charge is 0.323 e. The molecule has 0 saturated heterocycles. The number of carbonyl (C=O) groups is 2. The Morgan fingerprint density at radius 1 is 0.733 bits per heavy atom. The van der Waals surface area contributed by atoms with Crippen LogP contribution in [0.1, 0.15) is 130 Å². The van der Waals surface area contributed by atoms with Gasteiger partial charge in [-0.05, 0) is 32.6 Å². The molecule has 0 saturated carbocycles. The van der Waals surface area contributed by atoms with E-state index in [1.165, 1.54) is 64.2 Å². The third-order valence-corrected chi connectivity index (χ3v) is 5.50. The SMILES string of the molecule is CCCCCCCCCCCCOC(=O)CC[C@H](N)C(=O)OC(C)CCCCCC. The molecule has 0 spiro atoms. The van der Waals surface area contributed by atoms with Crippen molar-refractivity contribution in [1.29, 1.82) is 0 Å². The second-order valence-electron chi connectivity index (χ2n) is 8.64. The topological polar surface area (TPSA) is 78.6 Å². The van der Waals surface area contributed by atoms with Gasteiger partial charge in [-0.15, -0.1) is 0 Å². The Morgan fingerprint density at radius 2 is 1.23 bits per heavy atom. The average molecular weight is 428 g/mol. The highest BCUT2D eigenvalue weighted by Crippen LogP contribution is 2.11. The highest BCUT2D eigenvalue weighted by atomic mass is 16.5. The first-order chi connectivity index (χ1) is 14.5. The molecule has 2 atom stereocenters. The van der Waals surface area contributed by atoms with Crippen LogP contribution in [0.25, 0.3) is 0 Å². The molecule has 0 bridgehead atoms. The van der Waals surface area contributed by atoms with Crippen LogP contribution < -0.4 is 5.73 Å². The van der Waals surface area contributed by atoms with Crippen molar-refractivity contribution in [1.82, 2.24) is 0 Å². The van der Waals surface area contributed by atoms with Crippen molar-refractivity contribution in [3.05, 3.63) is 0 Å². The number of esters is 2. The number of unbranched alkanes of at least 4 members (excludes halogenated alkanes) is 12. The molecule has 1 unspecified atom stereocenters. The first-order valence-electron chi connectivity index (χ1n) is 12.6. The minimum absolute atomic E-state index is 0.122. The minimum Gasteiger partial charge on any atom is -0.466 e. The van der Waals surface area contributed by atoms with Gasteiger partial charge in [0.15, 0.2) is 0 Å². The standard InChI is InChI=1S/C25H49NO4/c1-4-6-8-10-11-12-13-14-15-17-21-29-24(27)20-19-23(26)25(28)30-22(3)18-16-9-7-5-2/h22-23H,4-21,26H2,1-3H3/t22?,23-/m0/s1. The number of rotatable bonds is 21. The Kier molecular flexibility index (Phi) is 20.4. The van der Waals surface area contributed by atoms with Gasteiger partial charge in [-0.1, -0.05) is 90.9 Å². The number of hydrogen-bond acceptors (Lipinski definition) is 5. The van der Waals surface area contributed by atoms with Crippen molar-refractivity contribution in [2.24, 2.45) is 5.73 Å². The number of ether oxygens (including phenoxy) is 2. The van der Waals surface area contributed by atoms with Gasteiger partial charge in [0, 0.05) is 6.42 Å². The van der Waals surface area contributed by atoms with Crippen molar-refractivity contribution < 1.29 is 19.1 Å². The molecule has 5 nitrogen and oxygen atoms in total. The maximum absolute atomic E-state index is 12.0.